The molecule has 2 aromatic carbocycles. The highest BCUT2D eigenvalue weighted by Gasteiger charge is 2.04. The van der Waals surface area contributed by atoms with E-state index in [0.29, 0.717) is 5.75 Å². The van der Waals surface area contributed by atoms with Crippen molar-refractivity contribution in [2.45, 2.75) is 9.79 Å². The second-order valence-corrected chi connectivity index (χ2v) is 6.00. The normalized spacial score (nSPS) is 10.2. The van der Waals surface area contributed by atoms with Gasteiger partial charge < -0.3 is 10.1 Å². The molecule has 0 aliphatic heterocycles. The van der Waals surface area contributed by atoms with E-state index in [-0.39, 0.29) is 12.5 Å². The van der Waals surface area contributed by atoms with Crippen LogP contribution in [0.4, 0.5) is 5.69 Å². The zero-order valence-electron chi connectivity index (χ0n) is 12.0. The zero-order chi connectivity index (χ0) is 15.1. The van der Waals surface area contributed by atoms with Crippen LogP contribution in [0.15, 0.2) is 58.3 Å². The van der Waals surface area contributed by atoms with Gasteiger partial charge in [-0.25, -0.2) is 0 Å². The average molecular weight is 319 g/mol. The van der Waals surface area contributed by atoms with Crippen molar-refractivity contribution < 1.29 is 9.53 Å². The second-order valence-electron chi connectivity index (χ2n) is 4.24. The van der Waals surface area contributed by atoms with E-state index in [1.165, 1.54) is 4.90 Å². The lowest BCUT2D eigenvalue weighted by Crippen LogP contribution is -2.20. The van der Waals surface area contributed by atoms with Gasteiger partial charge in [-0.1, -0.05) is 6.07 Å². The number of anilines is 1. The van der Waals surface area contributed by atoms with E-state index < -0.39 is 0 Å². The Balaban J connectivity index is 1.86. The summed E-state index contributed by atoms with van der Waals surface area (Å²) in [5.41, 5.74) is 0.785. The molecule has 110 valence electrons. The molecule has 0 saturated heterocycles. The van der Waals surface area contributed by atoms with Crippen LogP contribution in [0.2, 0.25) is 0 Å². The lowest BCUT2D eigenvalue weighted by Gasteiger charge is -2.08. The molecule has 1 N–H and O–H groups in total. The zero-order valence-corrected chi connectivity index (χ0v) is 13.6. The number of rotatable bonds is 6. The van der Waals surface area contributed by atoms with E-state index in [2.05, 4.69) is 5.32 Å². The SMILES string of the molecule is CSc1ccc(OCC(=O)Nc2cccc(SC)c2)cc1. The number of benzene rings is 2. The summed E-state index contributed by atoms with van der Waals surface area (Å²) in [5.74, 6) is 0.531. The molecule has 0 aliphatic carbocycles. The summed E-state index contributed by atoms with van der Waals surface area (Å²) >= 11 is 3.31. The number of hydrogen-bond acceptors (Lipinski definition) is 4. The Labute approximate surface area is 133 Å². The summed E-state index contributed by atoms with van der Waals surface area (Å²) in [5, 5.41) is 2.83. The molecule has 2 rings (SSSR count). The van der Waals surface area contributed by atoms with Crippen LogP contribution in [0.5, 0.6) is 5.75 Å². The fraction of sp³-hybridized carbons (Fsp3) is 0.188. The molecular formula is C16H17NO2S2. The Morgan fingerprint density at radius 2 is 1.76 bits per heavy atom. The fourth-order valence-corrected chi connectivity index (χ4v) is 2.59. The maximum absolute atomic E-state index is 11.9. The quantitative estimate of drug-likeness (QED) is 0.812. The maximum atomic E-state index is 11.9. The van der Waals surface area contributed by atoms with E-state index in [9.17, 15) is 4.79 Å². The number of carbonyl (C=O) groups is 1. The van der Waals surface area contributed by atoms with E-state index in [1.807, 2.05) is 61.0 Å². The molecule has 21 heavy (non-hydrogen) atoms. The first-order valence-electron chi connectivity index (χ1n) is 6.42. The van der Waals surface area contributed by atoms with E-state index in [0.717, 1.165) is 10.6 Å². The van der Waals surface area contributed by atoms with Gasteiger partial charge in [-0.2, -0.15) is 0 Å². The number of thioether (sulfide) groups is 2. The van der Waals surface area contributed by atoms with Crippen LogP contribution in [0.3, 0.4) is 0 Å². The minimum atomic E-state index is -0.165. The molecule has 2 aromatic rings. The van der Waals surface area contributed by atoms with Gasteiger partial charge in [0.2, 0.25) is 0 Å². The molecule has 5 heteroatoms. The third kappa shape index (κ3) is 5.02. The van der Waals surface area contributed by atoms with Crippen molar-refractivity contribution in [1.82, 2.24) is 0 Å². The van der Waals surface area contributed by atoms with Gasteiger partial charge in [-0.15, -0.1) is 23.5 Å². The number of nitrogens with one attached hydrogen (secondary N) is 1. The fourth-order valence-electron chi connectivity index (χ4n) is 1.72. The molecule has 0 fully saturated rings. The lowest BCUT2D eigenvalue weighted by molar-refractivity contribution is -0.118. The molecule has 1 amide bonds. The Bertz CT molecular complexity index is 599. The van der Waals surface area contributed by atoms with Gasteiger partial charge in [-0.3, -0.25) is 4.79 Å². The minimum Gasteiger partial charge on any atom is -0.484 e. The highest BCUT2D eigenvalue weighted by molar-refractivity contribution is 7.98. The summed E-state index contributed by atoms with van der Waals surface area (Å²) in [6.07, 6.45) is 4.02. The van der Waals surface area contributed by atoms with Crippen molar-refractivity contribution in [2.24, 2.45) is 0 Å². The molecule has 0 spiro atoms. The number of amides is 1. The minimum absolute atomic E-state index is 0.00209. The van der Waals surface area contributed by atoms with Crippen LogP contribution in [0.25, 0.3) is 0 Å². The van der Waals surface area contributed by atoms with E-state index in [4.69, 9.17) is 4.74 Å². The topological polar surface area (TPSA) is 38.3 Å². The van der Waals surface area contributed by atoms with Crippen molar-refractivity contribution in [2.75, 3.05) is 24.4 Å². The van der Waals surface area contributed by atoms with Crippen LogP contribution in [0, 0.1) is 0 Å². The summed E-state index contributed by atoms with van der Waals surface area (Å²) in [7, 11) is 0. The van der Waals surface area contributed by atoms with Crippen LogP contribution in [-0.4, -0.2) is 25.0 Å². The summed E-state index contributed by atoms with van der Waals surface area (Å²) in [4.78, 5) is 14.1. The standard InChI is InChI=1S/C16H17NO2S2/c1-20-14-8-6-13(7-9-14)19-11-16(18)17-12-4-3-5-15(10-12)21-2/h3-10H,11H2,1-2H3,(H,17,18). The van der Waals surface area contributed by atoms with Crippen LogP contribution >= 0.6 is 23.5 Å². The monoisotopic (exact) mass is 319 g/mol. The van der Waals surface area contributed by atoms with Crippen molar-refractivity contribution in [3.63, 3.8) is 0 Å². The van der Waals surface area contributed by atoms with Crippen LogP contribution in [-0.2, 0) is 4.79 Å². The van der Waals surface area contributed by atoms with Crippen molar-refractivity contribution in [1.29, 1.82) is 0 Å². The Kier molecular flexibility index (Phi) is 6.02. The van der Waals surface area contributed by atoms with Crippen LogP contribution in [0.1, 0.15) is 0 Å². The highest BCUT2D eigenvalue weighted by Crippen LogP contribution is 2.20. The molecule has 0 saturated carbocycles. The van der Waals surface area contributed by atoms with Gasteiger partial charge >= 0.3 is 0 Å². The molecule has 0 aliphatic rings. The number of carbonyl (C=O) groups excluding carboxylic acids is 1. The third-order valence-corrected chi connectivity index (χ3v) is 4.25. The largest absolute Gasteiger partial charge is 0.484 e. The number of ether oxygens (including phenoxy) is 1. The first-order chi connectivity index (χ1) is 10.2. The summed E-state index contributed by atoms with van der Waals surface area (Å²) < 4.78 is 5.47. The molecule has 0 atom stereocenters. The van der Waals surface area contributed by atoms with Crippen LogP contribution < -0.4 is 10.1 Å². The maximum Gasteiger partial charge on any atom is 0.262 e. The van der Waals surface area contributed by atoms with Crippen molar-refractivity contribution in [3.05, 3.63) is 48.5 Å². The first-order valence-corrected chi connectivity index (χ1v) is 8.87. The average Bonchev–Trinajstić information content (AvgIpc) is 2.53. The predicted molar refractivity (Wildman–Crippen MR) is 90.6 cm³/mol. The molecule has 0 radical (unpaired) electrons. The first kappa shape index (κ1) is 15.8. The van der Waals surface area contributed by atoms with Gasteiger partial charge in [0.1, 0.15) is 5.75 Å². The molecule has 0 aromatic heterocycles. The smallest absolute Gasteiger partial charge is 0.262 e. The Morgan fingerprint density at radius 1 is 1.05 bits per heavy atom. The molecular weight excluding hydrogens is 302 g/mol. The molecule has 3 nitrogen and oxygen atoms in total. The Hall–Kier alpha value is -1.59. The van der Waals surface area contributed by atoms with Gasteiger partial charge in [0, 0.05) is 15.5 Å². The molecule has 0 bridgehead atoms. The highest BCUT2D eigenvalue weighted by atomic mass is 32.2. The molecule has 0 unspecified atom stereocenters. The van der Waals surface area contributed by atoms with Gasteiger partial charge in [0.15, 0.2) is 6.61 Å². The van der Waals surface area contributed by atoms with Crippen molar-refractivity contribution >= 4 is 35.1 Å². The predicted octanol–water partition coefficient (Wildman–Crippen LogP) is 4.15. The molecule has 0 heterocycles. The van der Waals surface area contributed by atoms with Gasteiger partial charge in [0.05, 0.1) is 0 Å². The van der Waals surface area contributed by atoms with Gasteiger partial charge in [0.25, 0.3) is 5.91 Å². The lowest BCUT2D eigenvalue weighted by atomic mass is 10.3. The third-order valence-electron chi connectivity index (χ3n) is 2.78. The van der Waals surface area contributed by atoms with Gasteiger partial charge in [-0.05, 0) is 55.0 Å². The van der Waals surface area contributed by atoms with E-state index in [1.54, 1.807) is 23.5 Å². The Morgan fingerprint density at radius 3 is 2.43 bits per heavy atom. The second kappa shape index (κ2) is 8.00. The summed E-state index contributed by atoms with van der Waals surface area (Å²) in [6.45, 7) is 0.00209. The summed E-state index contributed by atoms with van der Waals surface area (Å²) in [6, 6.07) is 15.4. The van der Waals surface area contributed by atoms with E-state index >= 15 is 0 Å². The number of hydrogen-bond donors (Lipinski definition) is 1. The van der Waals surface area contributed by atoms with Crippen molar-refractivity contribution in [3.8, 4) is 5.75 Å².